The van der Waals surface area contributed by atoms with E-state index in [0.29, 0.717) is 0 Å². The summed E-state index contributed by atoms with van der Waals surface area (Å²) in [7, 11) is 2.10. The lowest BCUT2D eigenvalue weighted by molar-refractivity contribution is 0.777. The van der Waals surface area contributed by atoms with Crippen LogP contribution in [0.25, 0.3) is 0 Å². The number of hydrogen-bond acceptors (Lipinski definition) is 2. The van der Waals surface area contributed by atoms with Gasteiger partial charge in [-0.1, -0.05) is 0 Å². The molecule has 0 saturated heterocycles. The lowest BCUT2D eigenvalue weighted by Crippen LogP contribution is -2.20. The fourth-order valence-electron chi connectivity index (χ4n) is 1.32. The largest absolute Gasteiger partial charge is 0.359 e. The molecular formula is C10H13N2. The van der Waals surface area contributed by atoms with Crippen molar-refractivity contribution in [1.29, 1.82) is 0 Å². The van der Waals surface area contributed by atoms with Gasteiger partial charge in [0.2, 0.25) is 0 Å². The van der Waals surface area contributed by atoms with Crippen molar-refractivity contribution >= 4 is 5.82 Å². The monoisotopic (exact) mass is 161 g/mol. The first-order chi connectivity index (χ1) is 5.86. The zero-order chi connectivity index (χ0) is 8.39. The van der Waals surface area contributed by atoms with Crippen molar-refractivity contribution in [1.82, 2.24) is 4.98 Å². The van der Waals surface area contributed by atoms with Gasteiger partial charge < -0.3 is 4.90 Å². The van der Waals surface area contributed by atoms with Crippen LogP contribution in [0.5, 0.6) is 0 Å². The van der Waals surface area contributed by atoms with E-state index >= 15 is 0 Å². The van der Waals surface area contributed by atoms with Crippen LogP contribution in [0.1, 0.15) is 12.8 Å². The van der Waals surface area contributed by atoms with Crippen LogP contribution in [0.2, 0.25) is 0 Å². The van der Waals surface area contributed by atoms with E-state index in [4.69, 9.17) is 0 Å². The molecule has 1 fully saturated rings. The van der Waals surface area contributed by atoms with E-state index < -0.39 is 0 Å². The second-order valence-corrected chi connectivity index (χ2v) is 3.44. The van der Waals surface area contributed by atoms with Crippen LogP contribution in [-0.2, 0) is 0 Å². The van der Waals surface area contributed by atoms with Crippen molar-refractivity contribution in [2.24, 2.45) is 5.92 Å². The van der Waals surface area contributed by atoms with Crippen molar-refractivity contribution in [3.63, 3.8) is 0 Å². The second-order valence-electron chi connectivity index (χ2n) is 3.44. The molecule has 2 heteroatoms. The average molecular weight is 161 g/mol. The van der Waals surface area contributed by atoms with Gasteiger partial charge in [0, 0.05) is 25.9 Å². The molecule has 1 radical (unpaired) electrons. The Morgan fingerprint density at radius 2 is 2.50 bits per heavy atom. The standard InChI is InChI=1S/C10H13N2/c1-12(8-9-5-6-9)10-4-2-3-7-11-10/h2,4,7,9H,5-6,8H2,1H3. The summed E-state index contributed by atoms with van der Waals surface area (Å²) in [6.45, 7) is 1.15. The van der Waals surface area contributed by atoms with Crippen molar-refractivity contribution in [3.05, 3.63) is 24.4 Å². The molecule has 1 saturated carbocycles. The van der Waals surface area contributed by atoms with Gasteiger partial charge in [-0.3, -0.25) is 0 Å². The van der Waals surface area contributed by atoms with Crippen LogP contribution in [0, 0.1) is 12.0 Å². The summed E-state index contributed by atoms with van der Waals surface area (Å²) < 4.78 is 0. The number of pyridine rings is 1. The van der Waals surface area contributed by atoms with E-state index in [-0.39, 0.29) is 0 Å². The third-order valence-electron chi connectivity index (χ3n) is 2.22. The Morgan fingerprint density at radius 1 is 1.67 bits per heavy atom. The fourth-order valence-corrected chi connectivity index (χ4v) is 1.32. The van der Waals surface area contributed by atoms with Crippen LogP contribution in [0.15, 0.2) is 18.3 Å². The van der Waals surface area contributed by atoms with Crippen LogP contribution in [0.3, 0.4) is 0 Å². The molecule has 0 bridgehead atoms. The predicted molar refractivity (Wildman–Crippen MR) is 49.1 cm³/mol. The van der Waals surface area contributed by atoms with Gasteiger partial charge in [0.05, 0.1) is 0 Å². The molecule has 0 aliphatic heterocycles. The van der Waals surface area contributed by atoms with Crippen molar-refractivity contribution in [2.45, 2.75) is 12.8 Å². The van der Waals surface area contributed by atoms with E-state index in [1.54, 1.807) is 6.20 Å². The highest BCUT2D eigenvalue weighted by molar-refractivity contribution is 5.36. The molecule has 1 aliphatic carbocycles. The first-order valence-corrected chi connectivity index (χ1v) is 4.39. The summed E-state index contributed by atoms with van der Waals surface area (Å²) in [5, 5.41) is 0. The van der Waals surface area contributed by atoms with E-state index in [2.05, 4.69) is 23.0 Å². The Morgan fingerprint density at radius 3 is 3.08 bits per heavy atom. The maximum Gasteiger partial charge on any atom is 0.128 e. The third kappa shape index (κ3) is 1.76. The van der Waals surface area contributed by atoms with Crippen LogP contribution >= 0.6 is 0 Å². The number of anilines is 1. The molecule has 1 aromatic heterocycles. The van der Waals surface area contributed by atoms with E-state index in [9.17, 15) is 0 Å². The minimum Gasteiger partial charge on any atom is -0.359 e. The highest BCUT2D eigenvalue weighted by Crippen LogP contribution is 2.30. The van der Waals surface area contributed by atoms with Crippen molar-refractivity contribution in [3.8, 4) is 0 Å². The highest BCUT2D eigenvalue weighted by Gasteiger charge is 2.23. The molecule has 0 unspecified atom stereocenters. The molecule has 2 nitrogen and oxygen atoms in total. The Hall–Kier alpha value is -1.05. The summed E-state index contributed by atoms with van der Waals surface area (Å²) in [6, 6.07) is 6.83. The summed E-state index contributed by atoms with van der Waals surface area (Å²) in [5.41, 5.74) is 0. The molecule has 12 heavy (non-hydrogen) atoms. The smallest absolute Gasteiger partial charge is 0.128 e. The normalized spacial score (nSPS) is 16.1. The number of hydrogen-bond donors (Lipinski definition) is 0. The molecule has 2 rings (SSSR count). The van der Waals surface area contributed by atoms with Gasteiger partial charge in [0.1, 0.15) is 5.82 Å². The van der Waals surface area contributed by atoms with Crippen molar-refractivity contribution < 1.29 is 0 Å². The maximum atomic E-state index is 4.23. The molecule has 0 amide bonds. The van der Waals surface area contributed by atoms with Gasteiger partial charge in [0.25, 0.3) is 0 Å². The fraction of sp³-hybridized carbons (Fsp3) is 0.500. The molecule has 0 aromatic carbocycles. The van der Waals surface area contributed by atoms with E-state index in [1.807, 2.05) is 12.1 Å². The van der Waals surface area contributed by atoms with Crippen molar-refractivity contribution in [2.75, 3.05) is 18.5 Å². The van der Waals surface area contributed by atoms with E-state index in [1.165, 1.54) is 12.8 Å². The quantitative estimate of drug-likeness (QED) is 0.671. The Kier molecular flexibility index (Phi) is 1.98. The van der Waals surface area contributed by atoms with Gasteiger partial charge >= 0.3 is 0 Å². The van der Waals surface area contributed by atoms with Gasteiger partial charge in [-0.25, -0.2) is 4.98 Å². The second kappa shape index (κ2) is 3.13. The molecule has 1 heterocycles. The lowest BCUT2D eigenvalue weighted by atomic mass is 10.3. The topological polar surface area (TPSA) is 16.1 Å². The summed E-state index contributed by atoms with van der Waals surface area (Å²) >= 11 is 0. The lowest BCUT2D eigenvalue weighted by Gasteiger charge is -2.16. The molecule has 0 atom stereocenters. The minimum absolute atomic E-state index is 0.918. The zero-order valence-electron chi connectivity index (χ0n) is 7.33. The Labute approximate surface area is 73.2 Å². The predicted octanol–water partition coefficient (Wildman–Crippen LogP) is 1.73. The molecular weight excluding hydrogens is 148 g/mol. The molecule has 0 spiro atoms. The molecule has 63 valence electrons. The van der Waals surface area contributed by atoms with Gasteiger partial charge in [-0.2, -0.15) is 0 Å². The first-order valence-electron chi connectivity index (χ1n) is 4.39. The number of nitrogens with zero attached hydrogens (tertiary/aromatic N) is 2. The molecule has 1 aromatic rings. The molecule has 0 N–H and O–H groups in total. The SMILES string of the molecule is CN(CC1CC1)c1cc[c]cn1. The first kappa shape index (κ1) is 7.59. The van der Waals surface area contributed by atoms with Crippen LogP contribution in [0.4, 0.5) is 5.82 Å². The number of aromatic nitrogens is 1. The van der Waals surface area contributed by atoms with Gasteiger partial charge in [-0.15, -0.1) is 0 Å². The Balaban J connectivity index is 1.98. The number of rotatable bonds is 3. The van der Waals surface area contributed by atoms with Gasteiger partial charge in [0.15, 0.2) is 0 Å². The third-order valence-corrected chi connectivity index (χ3v) is 2.22. The summed E-state index contributed by atoms with van der Waals surface area (Å²) in [5.74, 6) is 1.97. The highest BCUT2D eigenvalue weighted by atomic mass is 15.2. The Bertz CT molecular complexity index is 241. The van der Waals surface area contributed by atoms with Gasteiger partial charge in [-0.05, 0) is 30.9 Å². The van der Waals surface area contributed by atoms with Crippen LogP contribution in [-0.4, -0.2) is 18.6 Å². The zero-order valence-corrected chi connectivity index (χ0v) is 7.33. The van der Waals surface area contributed by atoms with E-state index in [0.717, 1.165) is 18.3 Å². The summed E-state index contributed by atoms with van der Waals surface area (Å²) in [4.78, 5) is 6.44. The molecule has 1 aliphatic rings. The summed E-state index contributed by atoms with van der Waals surface area (Å²) in [6.07, 6.45) is 4.51. The van der Waals surface area contributed by atoms with Crippen LogP contribution < -0.4 is 4.90 Å². The maximum absolute atomic E-state index is 4.23. The minimum atomic E-state index is 0.918. The average Bonchev–Trinajstić information content (AvgIpc) is 2.90.